The topological polar surface area (TPSA) is 56.0 Å². The van der Waals surface area contributed by atoms with Crippen LogP contribution >= 0.6 is 0 Å². The van der Waals surface area contributed by atoms with Gasteiger partial charge in [-0.25, -0.2) is 13.8 Å². The minimum Gasteiger partial charge on any atom is -0.396 e. The van der Waals surface area contributed by atoms with Crippen molar-refractivity contribution >= 4 is 12.0 Å². The summed E-state index contributed by atoms with van der Waals surface area (Å²) in [6.07, 6.45) is -2.31. The van der Waals surface area contributed by atoms with Gasteiger partial charge in [-0.05, 0) is 13.0 Å². The fourth-order valence-electron chi connectivity index (χ4n) is 1.00. The second kappa shape index (κ2) is 3.47. The van der Waals surface area contributed by atoms with E-state index < -0.39 is 6.43 Å². The monoisotopic (exact) mass is 186 g/mol. The predicted octanol–water partition coefficient (Wildman–Crippen LogP) is 1.72. The molecule has 70 valence electrons. The Morgan fingerprint density at radius 2 is 2.23 bits per heavy atom. The third-order valence-electron chi connectivity index (χ3n) is 1.59. The summed E-state index contributed by atoms with van der Waals surface area (Å²) in [5.74, 6) is 0. The van der Waals surface area contributed by atoms with Gasteiger partial charge in [-0.1, -0.05) is 0 Å². The summed E-state index contributed by atoms with van der Waals surface area (Å²) in [5, 5.41) is 0. The zero-order valence-electron chi connectivity index (χ0n) is 6.92. The normalized spacial score (nSPS) is 10.5. The summed E-state index contributed by atoms with van der Waals surface area (Å²) in [7, 11) is 0. The van der Waals surface area contributed by atoms with E-state index in [0.717, 1.165) is 0 Å². The van der Waals surface area contributed by atoms with Crippen LogP contribution < -0.4 is 5.73 Å². The second-order valence-electron chi connectivity index (χ2n) is 2.57. The quantitative estimate of drug-likeness (QED) is 0.715. The number of aldehydes is 1. The SMILES string of the molecule is Cc1cc(C(F)F)c(N)c(C=O)n1. The van der Waals surface area contributed by atoms with E-state index in [1.807, 2.05) is 0 Å². The van der Waals surface area contributed by atoms with E-state index in [9.17, 15) is 13.6 Å². The predicted molar refractivity (Wildman–Crippen MR) is 43.7 cm³/mol. The Hall–Kier alpha value is -1.52. The number of anilines is 1. The lowest BCUT2D eigenvalue weighted by Crippen LogP contribution is -2.03. The summed E-state index contributed by atoms with van der Waals surface area (Å²) in [4.78, 5) is 14.1. The molecule has 0 spiro atoms. The largest absolute Gasteiger partial charge is 0.396 e. The van der Waals surface area contributed by atoms with Gasteiger partial charge in [-0.15, -0.1) is 0 Å². The number of nitrogens with zero attached hydrogens (tertiary/aromatic N) is 1. The molecule has 0 aliphatic heterocycles. The van der Waals surface area contributed by atoms with Crippen molar-refractivity contribution in [2.75, 3.05) is 5.73 Å². The highest BCUT2D eigenvalue weighted by Crippen LogP contribution is 2.26. The minimum absolute atomic E-state index is 0.129. The van der Waals surface area contributed by atoms with E-state index >= 15 is 0 Å². The van der Waals surface area contributed by atoms with Gasteiger partial charge in [0.1, 0.15) is 5.69 Å². The maximum atomic E-state index is 12.3. The summed E-state index contributed by atoms with van der Waals surface area (Å²) in [6, 6.07) is 1.17. The van der Waals surface area contributed by atoms with Crippen LogP contribution in [0.4, 0.5) is 14.5 Å². The molecule has 13 heavy (non-hydrogen) atoms. The van der Waals surface area contributed by atoms with Crippen molar-refractivity contribution in [2.24, 2.45) is 0 Å². The number of pyridine rings is 1. The number of aromatic nitrogens is 1. The molecule has 0 saturated carbocycles. The highest BCUT2D eigenvalue weighted by atomic mass is 19.3. The van der Waals surface area contributed by atoms with E-state index in [0.29, 0.717) is 12.0 Å². The molecule has 0 unspecified atom stereocenters. The van der Waals surface area contributed by atoms with Crippen molar-refractivity contribution < 1.29 is 13.6 Å². The number of halogens is 2. The van der Waals surface area contributed by atoms with Crippen molar-refractivity contribution in [3.63, 3.8) is 0 Å². The molecule has 3 nitrogen and oxygen atoms in total. The second-order valence-corrected chi connectivity index (χ2v) is 2.57. The molecule has 0 aromatic carbocycles. The van der Waals surface area contributed by atoms with Gasteiger partial charge >= 0.3 is 0 Å². The number of alkyl halides is 2. The molecule has 0 amide bonds. The molecule has 0 radical (unpaired) electrons. The lowest BCUT2D eigenvalue weighted by atomic mass is 10.1. The van der Waals surface area contributed by atoms with E-state index in [-0.39, 0.29) is 16.9 Å². The van der Waals surface area contributed by atoms with Crippen LogP contribution in [-0.2, 0) is 0 Å². The first kappa shape index (κ1) is 9.57. The Morgan fingerprint density at radius 3 is 2.69 bits per heavy atom. The first-order chi connectivity index (χ1) is 6.06. The summed E-state index contributed by atoms with van der Waals surface area (Å²) < 4.78 is 24.6. The average molecular weight is 186 g/mol. The number of carbonyl (C=O) groups is 1. The Balaban J connectivity index is 3.35. The van der Waals surface area contributed by atoms with Crippen LogP contribution in [0.2, 0.25) is 0 Å². The third-order valence-corrected chi connectivity index (χ3v) is 1.59. The fraction of sp³-hybridized carbons (Fsp3) is 0.250. The first-order valence-corrected chi connectivity index (χ1v) is 3.56. The van der Waals surface area contributed by atoms with Gasteiger partial charge in [-0.3, -0.25) is 4.79 Å². The van der Waals surface area contributed by atoms with Crippen molar-refractivity contribution in [2.45, 2.75) is 13.3 Å². The molecule has 0 saturated heterocycles. The van der Waals surface area contributed by atoms with Crippen molar-refractivity contribution in [1.82, 2.24) is 4.98 Å². The zero-order valence-corrected chi connectivity index (χ0v) is 6.92. The molecule has 0 bridgehead atoms. The molecular formula is C8H8F2N2O. The highest BCUT2D eigenvalue weighted by Gasteiger charge is 2.15. The molecule has 5 heteroatoms. The third kappa shape index (κ3) is 1.80. The van der Waals surface area contributed by atoms with Crippen LogP contribution in [-0.4, -0.2) is 11.3 Å². The standard InChI is InChI=1S/C8H8F2N2O/c1-4-2-5(8(9)10)7(11)6(3-13)12-4/h2-3,8H,11H2,1H3. The van der Waals surface area contributed by atoms with Gasteiger partial charge in [0.15, 0.2) is 6.29 Å². The Morgan fingerprint density at radius 1 is 1.62 bits per heavy atom. The molecular weight excluding hydrogens is 178 g/mol. The van der Waals surface area contributed by atoms with Gasteiger partial charge in [0, 0.05) is 11.3 Å². The van der Waals surface area contributed by atoms with E-state index in [1.54, 1.807) is 0 Å². The Kier molecular flexibility index (Phi) is 2.55. The lowest BCUT2D eigenvalue weighted by Gasteiger charge is -2.06. The van der Waals surface area contributed by atoms with Crippen LogP contribution in [0.25, 0.3) is 0 Å². The molecule has 1 heterocycles. The highest BCUT2D eigenvalue weighted by molar-refractivity contribution is 5.81. The Labute approximate surface area is 73.6 Å². The zero-order chi connectivity index (χ0) is 10.0. The van der Waals surface area contributed by atoms with Crippen molar-refractivity contribution in [3.05, 3.63) is 23.0 Å². The number of rotatable bonds is 2. The lowest BCUT2D eigenvalue weighted by molar-refractivity contribution is 0.111. The maximum Gasteiger partial charge on any atom is 0.265 e. The Bertz CT molecular complexity index is 339. The molecule has 0 fully saturated rings. The number of aryl methyl sites for hydroxylation is 1. The van der Waals surface area contributed by atoms with E-state index in [4.69, 9.17) is 5.73 Å². The van der Waals surface area contributed by atoms with Crippen molar-refractivity contribution in [3.8, 4) is 0 Å². The number of hydrogen-bond acceptors (Lipinski definition) is 3. The first-order valence-electron chi connectivity index (χ1n) is 3.56. The molecule has 0 aliphatic rings. The molecule has 0 aliphatic carbocycles. The van der Waals surface area contributed by atoms with Gasteiger partial charge in [0.05, 0.1) is 5.69 Å². The average Bonchev–Trinajstić information content (AvgIpc) is 2.08. The van der Waals surface area contributed by atoms with Gasteiger partial charge in [0.2, 0.25) is 0 Å². The number of nitrogens with two attached hydrogens (primary N) is 1. The summed E-state index contributed by atoms with van der Waals surface area (Å²) in [5.41, 5.74) is 4.94. The van der Waals surface area contributed by atoms with Crippen molar-refractivity contribution in [1.29, 1.82) is 0 Å². The minimum atomic E-state index is -2.68. The number of hydrogen-bond donors (Lipinski definition) is 1. The van der Waals surface area contributed by atoms with Crippen LogP contribution in [0.1, 0.15) is 28.2 Å². The smallest absolute Gasteiger partial charge is 0.265 e. The van der Waals surface area contributed by atoms with Crippen LogP contribution in [0, 0.1) is 6.92 Å². The molecule has 0 atom stereocenters. The molecule has 2 N–H and O–H groups in total. The van der Waals surface area contributed by atoms with Crippen LogP contribution in [0.5, 0.6) is 0 Å². The molecule has 1 aromatic rings. The number of nitrogen functional groups attached to an aromatic ring is 1. The molecule has 1 aromatic heterocycles. The van der Waals surface area contributed by atoms with Crippen LogP contribution in [0.15, 0.2) is 6.07 Å². The summed E-state index contributed by atoms with van der Waals surface area (Å²) >= 11 is 0. The van der Waals surface area contributed by atoms with Crippen LogP contribution in [0.3, 0.4) is 0 Å². The van der Waals surface area contributed by atoms with E-state index in [2.05, 4.69) is 4.98 Å². The maximum absolute atomic E-state index is 12.3. The van der Waals surface area contributed by atoms with Gasteiger partial charge in [0.25, 0.3) is 6.43 Å². The fourth-order valence-corrected chi connectivity index (χ4v) is 1.00. The number of carbonyl (C=O) groups excluding carboxylic acids is 1. The van der Waals surface area contributed by atoms with Gasteiger partial charge < -0.3 is 5.73 Å². The van der Waals surface area contributed by atoms with E-state index in [1.165, 1.54) is 13.0 Å². The summed E-state index contributed by atoms with van der Waals surface area (Å²) in [6.45, 7) is 1.53. The van der Waals surface area contributed by atoms with Gasteiger partial charge in [-0.2, -0.15) is 0 Å². The molecule has 1 rings (SSSR count).